The molecule has 20 heavy (non-hydrogen) atoms. The molecule has 3 rings (SSSR count). The second-order valence-corrected chi connectivity index (χ2v) is 4.88. The smallest absolute Gasteiger partial charge is 0.169 e. The lowest BCUT2D eigenvalue weighted by molar-refractivity contribution is 0.287. The standard InChI is InChI=1S/C14H18N4O2/c1-19-11-4-6-12(7-5-11)20-9-8-18-13(10-2-3-10)14(15)16-17-18/h4-7,10H,2-3,8-9,15H2,1H3. The van der Waals surface area contributed by atoms with Crippen molar-refractivity contribution in [3.63, 3.8) is 0 Å². The fourth-order valence-corrected chi connectivity index (χ4v) is 2.20. The van der Waals surface area contributed by atoms with Gasteiger partial charge in [-0.15, -0.1) is 5.10 Å². The number of benzene rings is 1. The zero-order valence-corrected chi connectivity index (χ0v) is 11.5. The number of hydrogen-bond acceptors (Lipinski definition) is 5. The number of aromatic nitrogens is 3. The normalized spacial score (nSPS) is 14.2. The summed E-state index contributed by atoms with van der Waals surface area (Å²) in [5.41, 5.74) is 6.91. The maximum Gasteiger partial charge on any atom is 0.169 e. The molecule has 1 heterocycles. The molecule has 0 aliphatic heterocycles. The van der Waals surface area contributed by atoms with Crippen molar-refractivity contribution in [2.45, 2.75) is 25.3 Å². The number of nitrogens with zero attached hydrogens (tertiary/aromatic N) is 3. The summed E-state index contributed by atoms with van der Waals surface area (Å²) in [5, 5.41) is 8.02. The molecule has 0 radical (unpaired) electrons. The Bertz CT molecular complexity index is 575. The van der Waals surface area contributed by atoms with Crippen molar-refractivity contribution in [3.8, 4) is 11.5 Å². The summed E-state index contributed by atoms with van der Waals surface area (Å²) in [7, 11) is 1.64. The van der Waals surface area contributed by atoms with Gasteiger partial charge in [0.1, 0.15) is 18.1 Å². The molecule has 0 saturated heterocycles. The minimum atomic E-state index is 0.533. The number of hydrogen-bond donors (Lipinski definition) is 1. The van der Waals surface area contributed by atoms with Gasteiger partial charge in [0.2, 0.25) is 0 Å². The van der Waals surface area contributed by atoms with E-state index in [1.807, 2.05) is 28.9 Å². The van der Waals surface area contributed by atoms with E-state index in [0.717, 1.165) is 17.2 Å². The first-order chi connectivity index (χ1) is 9.78. The third-order valence-corrected chi connectivity index (χ3v) is 3.40. The van der Waals surface area contributed by atoms with Gasteiger partial charge in [0.15, 0.2) is 5.82 Å². The molecule has 2 aromatic rings. The average Bonchev–Trinajstić information content (AvgIpc) is 3.24. The van der Waals surface area contributed by atoms with E-state index in [2.05, 4.69) is 10.3 Å². The van der Waals surface area contributed by atoms with Gasteiger partial charge in [0, 0.05) is 5.92 Å². The van der Waals surface area contributed by atoms with E-state index in [9.17, 15) is 0 Å². The van der Waals surface area contributed by atoms with Gasteiger partial charge < -0.3 is 15.2 Å². The van der Waals surface area contributed by atoms with Gasteiger partial charge in [-0.05, 0) is 37.1 Å². The summed E-state index contributed by atoms with van der Waals surface area (Å²) < 4.78 is 12.6. The molecule has 6 nitrogen and oxygen atoms in total. The topological polar surface area (TPSA) is 75.2 Å². The van der Waals surface area contributed by atoms with Crippen molar-refractivity contribution in [3.05, 3.63) is 30.0 Å². The Hall–Kier alpha value is -2.24. The molecule has 1 fully saturated rings. The van der Waals surface area contributed by atoms with Gasteiger partial charge in [-0.2, -0.15) is 0 Å². The van der Waals surface area contributed by atoms with Crippen LogP contribution < -0.4 is 15.2 Å². The fraction of sp³-hybridized carbons (Fsp3) is 0.429. The predicted molar refractivity (Wildman–Crippen MR) is 74.9 cm³/mol. The molecule has 0 spiro atoms. The predicted octanol–water partition coefficient (Wildman–Crippen LogP) is 1.83. The summed E-state index contributed by atoms with van der Waals surface area (Å²) in [4.78, 5) is 0. The monoisotopic (exact) mass is 274 g/mol. The highest BCUT2D eigenvalue weighted by Gasteiger charge is 2.30. The molecule has 0 atom stereocenters. The van der Waals surface area contributed by atoms with E-state index >= 15 is 0 Å². The summed E-state index contributed by atoms with van der Waals surface area (Å²) in [6.45, 7) is 1.19. The van der Waals surface area contributed by atoms with E-state index in [-0.39, 0.29) is 0 Å². The van der Waals surface area contributed by atoms with Crippen LogP contribution in [0, 0.1) is 0 Å². The van der Waals surface area contributed by atoms with Gasteiger partial charge in [-0.25, -0.2) is 4.68 Å². The first kappa shape index (κ1) is 12.8. The van der Waals surface area contributed by atoms with Crippen molar-refractivity contribution < 1.29 is 9.47 Å². The Morgan fingerprint density at radius 2 is 1.95 bits per heavy atom. The molecule has 1 saturated carbocycles. The Morgan fingerprint density at radius 1 is 1.25 bits per heavy atom. The molecule has 106 valence electrons. The molecular formula is C14H18N4O2. The van der Waals surface area contributed by atoms with Crippen molar-refractivity contribution in [2.75, 3.05) is 19.5 Å². The summed E-state index contributed by atoms with van der Waals surface area (Å²) >= 11 is 0. The van der Waals surface area contributed by atoms with E-state index in [1.54, 1.807) is 7.11 Å². The van der Waals surface area contributed by atoms with Crippen LogP contribution in [0.4, 0.5) is 5.82 Å². The van der Waals surface area contributed by atoms with Gasteiger partial charge in [-0.1, -0.05) is 5.21 Å². The van der Waals surface area contributed by atoms with Gasteiger partial charge in [-0.3, -0.25) is 0 Å². The van der Waals surface area contributed by atoms with Gasteiger partial charge in [0.05, 0.1) is 19.3 Å². The van der Waals surface area contributed by atoms with E-state index in [0.29, 0.717) is 24.9 Å². The number of rotatable bonds is 6. The Balaban J connectivity index is 1.57. The minimum Gasteiger partial charge on any atom is -0.497 e. The van der Waals surface area contributed by atoms with Crippen LogP contribution in [0.3, 0.4) is 0 Å². The molecule has 0 amide bonds. The highest BCUT2D eigenvalue weighted by atomic mass is 16.5. The van der Waals surface area contributed by atoms with Gasteiger partial charge >= 0.3 is 0 Å². The number of nitrogen functional groups attached to an aromatic ring is 1. The first-order valence-electron chi connectivity index (χ1n) is 6.73. The molecule has 1 aromatic carbocycles. The lowest BCUT2D eigenvalue weighted by Gasteiger charge is -2.08. The second kappa shape index (κ2) is 5.40. The molecule has 1 aromatic heterocycles. The Kier molecular flexibility index (Phi) is 3.45. The number of nitrogens with two attached hydrogens (primary N) is 1. The van der Waals surface area contributed by atoms with E-state index < -0.39 is 0 Å². The largest absolute Gasteiger partial charge is 0.497 e. The lowest BCUT2D eigenvalue weighted by Crippen LogP contribution is -2.12. The SMILES string of the molecule is COc1ccc(OCCn2nnc(N)c2C2CC2)cc1. The number of methoxy groups -OCH3 is 1. The molecular weight excluding hydrogens is 256 g/mol. The van der Waals surface area contributed by atoms with Crippen LogP contribution in [0.2, 0.25) is 0 Å². The molecule has 0 bridgehead atoms. The van der Waals surface area contributed by atoms with Crippen molar-refractivity contribution in [1.29, 1.82) is 0 Å². The summed E-state index contributed by atoms with van der Waals surface area (Å²) in [6.07, 6.45) is 2.35. The van der Waals surface area contributed by atoms with Crippen LogP contribution >= 0.6 is 0 Å². The minimum absolute atomic E-state index is 0.533. The van der Waals surface area contributed by atoms with Crippen LogP contribution in [0.1, 0.15) is 24.5 Å². The van der Waals surface area contributed by atoms with Crippen molar-refractivity contribution in [1.82, 2.24) is 15.0 Å². The molecule has 0 unspecified atom stereocenters. The van der Waals surface area contributed by atoms with E-state index in [1.165, 1.54) is 12.8 Å². The zero-order valence-electron chi connectivity index (χ0n) is 11.5. The summed E-state index contributed by atoms with van der Waals surface area (Å²) in [6, 6.07) is 7.52. The van der Waals surface area contributed by atoms with Gasteiger partial charge in [0.25, 0.3) is 0 Å². The van der Waals surface area contributed by atoms with Crippen LogP contribution in [-0.4, -0.2) is 28.7 Å². The molecule has 6 heteroatoms. The Labute approximate surface area is 117 Å². The second-order valence-electron chi connectivity index (χ2n) is 4.88. The molecule has 1 aliphatic carbocycles. The zero-order chi connectivity index (χ0) is 13.9. The van der Waals surface area contributed by atoms with Crippen molar-refractivity contribution in [2.24, 2.45) is 0 Å². The maximum absolute atomic E-state index is 5.85. The van der Waals surface area contributed by atoms with Crippen molar-refractivity contribution >= 4 is 5.82 Å². The quantitative estimate of drug-likeness (QED) is 0.869. The molecule has 2 N–H and O–H groups in total. The van der Waals surface area contributed by atoms with E-state index in [4.69, 9.17) is 15.2 Å². The summed E-state index contributed by atoms with van der Waals surface area (Å²) in [5.74, 6) is 2.72. The number of ether oxygens (including phenoxy) is 2. The third-order valence-electron chi connectivity index (χ3n) is 3.40. The van der Waals surface area contributed by atoms with Crippen LogP contribution in [0.15, 0.2) is 24.3 Å². The Morgan fingerprint density at radius 3 is 2.60 bits per heavy atom. The highest BCUT2D eigenvalue weighted by molar-refractivity contribution is 5.38. The van der Waals surface area contributed by atoms with Crippen LogP contribution in [-0.2, 0) is 6.54 Å². The molecule has 1 aliphatic rings. The van der Waals surface area contributed by atoms with Crippen LogP contribution in [0.5, 0.6) is 11.5 Å². The average molecular weight is 274 g/mol. The first-order valence-corrected chi connectivity index (χ1v) is 6.73. The van der Waals surface area contributed by atoms with Crippen LogP contribution in [0.25, 0.3) is 0 Å². The third kappa shape index (κ3) is 2.68. The lowest BCUT2D eigenvalue weighted by atomic mass is 10.3. The fourth-order valence-electron chi connectivity index (χ4n) is 2.20. The number of anilines is 1. The highest BCUT2D eigenvalue weighted by Crippen LogP contribution is 2.41. The maximum atomic E-state index is 5.85.